The predicted molar refractivity (Wildman–Crippen MR) is 42.7 cm³/mol. The molecule has 0 aromatic rings. The third-order valence-electron chi connectivity index (χ3n) is 1.31. The maximum absolute atomic E-state index is 10.8. The van der Waals surface area contributed by atoms with Crippen LogP contribution in [0.15, 0.2) is 0 Å². The fourth-order valence-corrected chi connectivity index (χ4v) is 0.629. The molecule has 0 saturated carbocycles. The van der Waals surface area contributed by atoms with Crippen LogP contribution in [0.5, 0.6) is 0 Å². The highest BCUT2D eigenvalue weighted by molar-refractivity contribution is 6.36. The smallest absolute Gasteiger partial charge is 0.288 e. The lowest BCUT2D eigenvalue weighted by Crippen LogP contribution is -2.36. The Labute approximate surface area is 71.1 Å². The van der Waals surface area contributed by atoms with Gasteiger partial charge in [0.15, 0.2) is 0 Å². The monoisotopic (exact) mass is 174 g/mol. The lowest BCUT2D eigenvalue weighted by molar-refractivity contribution is -0.138. The first-order valence-electron chi connectivity index (χ1n) is 3.90. The van der Waals surface area contributed by atoms with Gasteiger partial charge in [-0.2, -0.15) is 5.48 Å². The Balaban J connectivity index is 3.50. The van der Waals surface area contributed by atoms with Gasteiger partial charge in [-0.05, 0) is 6.42 Å². The number of hydrogen-bond acceptors (Lipinski definition) is 4. The molecule has 70 valence electrons. The fraction of sp³-hybridized carbons (Fsp3) is 0.714. The molecule has 0 aliphatic carbocycles. The first-order chi connectivity index (χ1) is 5.72. The van der Waals surface area contributed by atoms with Crippen LogP contribution < -0.4 is 10.8 Å². The van der Waals surface area contributed by atoms with Crippen molar-refractivity contribution in [3.05, 3.63) is 0 Å². The largest absolute Gasteiger partial charge is 0.349 e. The van der Waals surface area contributed by atoms with Gasteiger partial charge in [-0.25, -0.2) is 0 Å². The molecule has 0 aromatic heterocycles. The van der Waals surface area contributed by atoms with Crippen molar-refractivity contribution >= 4 is 11.7 Å². The summed E-state index contributed by atoms with van der Waals surface area (Å²) in [7, 11) is 0. The van der Waals surface area contributed by atoms with Gasteiger partial charge >= 0.3 is 0 Å². The standard InChI is InChI=1S/C7H14N2O3/c1-2-3-4-8-7(11)6(10)5-9-12/h9,12H,2-5H2,1H3,(H,8,11). The van der Waals surface area contributed by atoms with Crippen LogP contribution in [-0.4, -0.2) is 30.0 Å². The molecule has 0 aliphatic rings. The summed E-state index contributed by atoms with van der Waals surface area (Å²) in [4.78, 5) is 21.5. The Bertz CT molecular complexity index is 159. The van der Waals surface area contributed by atoms with Crippen molar-refractivity contribution in [2.45, 2.75) is 19.8 Å². The summed E-state index contributed by atoms with van der Waals surface area (Å²) in [5.74, 6) is -1.31. The highest BCUT2D eigenvalue weighted by atomic mass is 16.5. The number of carbonyl (C=O) groups is 2. The van der Waals surface area contributed by atoms with Crippen LogP contribution in [0.2, 0.25) is 0 Å². The maximum atomic E-state index is 10.8. The minimum atomic E-state index is -0.659. The van der Waals surface area contributed by atoms with E-state index in [-0.39, 0.29) is 6.54 Å². The Morgan fingerprint density at radius 1 is 1.42 bits per heavy atom. The average molecular weight is 174 g/mol. The van der Waals surface area contributed by atoms with Gasteiger partial charge < -0.3 is 10.5 Å². The van der Waals surface area contributed by atoms with Crippen molar-refractivity contribution in [2.75, 3.05) is 13.1 Å². The van der Waals surface area contributed by atoms with E-state index < -0.39 is 11.7 Å². The fourth-order valence-electron chi connectivity index (χ4n) is 0.629. The number of rotatable bonds is 6. The maximum Gasteiger partial charge on any atom is 0.288 e. The molecule has 0 bridgehead atoms. The quantitative estimate of drug-likeness (QED) is 0.287. The Hall–Kier alpha value is -0.940. The molecule has 0 spiro atoms. The molecule has 3 N–H and O–H groups in total. The highest BCUT2D eigenvalue weighted by Crippen LogP contribution is 1.82. The molecule has 0 heterocycles. The van der Waals surface area contributed by atoms with Crippen molar-refractivity contribution in [3.8, 4) is 0 Å². The third kappa shape index (κ3) is 4.81. The second-order valence-corrected chi connectivity index (χ2v) is 2.37. The van der Waals surface area contributed by atoms with Crippen molar-refractivity contribution in [1.82, 2.24) is 10.8 Å². The molecule has 0 aliphatic heterocycles. The van der Waals surface area contributed by atoms with Crippen LogP contribution in [0.3, 0.4) is 0 Å². The van der Waals surface area contributed by atoms with Gasteiger partial charge in [0, 0.05) is 6.54 Å². The zero-order valence-electron chi connectivity index (χ0n) is 7.09. The molecule has 0 saturated heterocycles. The second kappa shape index (κ2) is 6.75. The average Bonchev–Trinajstić information content (AvgIpc) is 2.05. The van der Waals surface area contributed by atoms with Gasteiger partial charge in [-0.1, -0.05) is 13.3 Å². The number of hydroxylamine groups is 1. The van der Waals surface area contributed by atoms with E-state index in [2.05, 4.69) is 5.32 Å². The summed E-state index contributed by atoms with van der Waals surface area (Å²) in [6, 6.07) is 0. The highest BCUT2D eigenvalue weighted by Gasteiger charge is 2.10. The van der Waals surface area contributed by atoms with Gasteiger partial charge in [0.25, 0.3) is 5.91 Å². The van der Waals surface area contributed by atoms with E-state index in [0.717, 1.165) is 12.8 Å². The van der Waals surface area contributed by atoms with Gasteiger partial charge in [0.1, 0.15) is 0 Å². The van der Waals surface area contributed by atoms with Crippen LogP contribution in [0.25, 0.3) is 0 Å². The zero-order valence-corrected chi connectivity index (χ0v) is 7.09. The molecule has 12 heavy (non-hydrogen) atoms. The number of ketones is 1. The second-order valence-electron chi connectivity index (χ2n) is 2.37. The SMILES string of the molecule is CCCCNC(=O)C(=O)CNO. The Kier molecular flexibility index (Phi) is 6.22. The Morgan fingerprint density at radius 3 is 2.58 bits per heavy atom. The Morgan fingerprint density at radius 2 is 2.08 bits per heavy atom. The molecule has 0 radical (unpaired) electrons. The third-order valence-corrected chi connectivity index (χ3v) is 1.31. The van der Waals surface area contributed by atoms with Gasteiger partial charge in [0.05, 0.1) is 6.54 Å². The van der Waals surface area contributed by atoms with Gasteiger partial charge in [0.2, 0.25) is 5.78 Å². The topological polar surface area (TPSA) is 78.4 Å². The molecular formula is C7H14N2O3. The minimum Gasteiger partial charge on any atom is -0.349 e. The summed E-state index contributed by atoms with van der Waals surface area (Å²) in [5.41, 5.74) is 1.63. The van der Waals surface area contributed by atoms with E-state index >= 15 is 0 Å². The number of hydrogen-bond donors (Lipinski definition) is 3. The molecule has 0 unspecified atom stereocenters. The summed E-state index contributed by atoms with van der Waals surface area (Å²) in [6.45, 7) is 2.16. The van der Waals surface area contributed by atoms with E-state index in [9.17, 15) is 9.59 Å². The van der Waals surface area contributed by atoms with Crippen LogP contribution in [0.1, 0.15) is 19.8 Å². The van der Waals surface area contributed by atoms with Gasteiger partial charge in [-0.15, -0.1) is 0 Å². The number of carbonyl (C=O) groups excluding carboxylic acids is 2. The van der Waals surface area contributed by atoms with E-state index in [0.29, 0.717) is 6.54 Å². The molecule has 0 rings (SSSR count). The van der Waals surface area contributed by atoms with Crippen LogP contribution in [0.4, 0.5) is 0 Å². The normalized spacial score (nSPS) is 9.50. The lowest BCUT2D eigenvalue weighted by Gasteiger charge is -2.01. The number of Topliss-reactive ketones (excluding diaryl/α,β-unsaturated/α-hetero) is 1. The lowest BCUT2D eigenvalue weighted by atomic mass is 10.3. The number of unbranched alkanes of at least 4 members (excludes halogenated alkanes) is 1. The molecule has 0 atom stereocenters. The summed E-state index contributed by atoms with van der Waals surface area (Å²) in [6.07, 6.45) is 1.82. The zero-order chi connectivity index (χ0) is 9.40. The summed E-state index contributed by atoms with van der Waals surface area (Å²) < 4.78 is 0. The summed E-state index contributed by atoms with van der Waals surface area (Å²) >= 11 is 0. The van der Waals surface area contributed by atoms with Crippen molar-refractivity contribution < 1.29 is 14.8 Å². The molecule has 0 fully saturated rings. The van der Waals surface area contributed by atoms with E-state index in [4.69, 9.17) is 5.21 Å². The van der Waals surface area contributed by atoms with E-state index in [1.54, 1.807) is 5.48 Å². The van der Waals surface area contributed by atoms with Gasteiger partial charge in [-0.3, -0.25) is 9.59 Å². The van der Waals surface area contributed by atoms with Crippen molar-refractivity contribution in [2.24, 2.45) is 0 Å². The van der Waals surface area contributed by atoms with Crippen LogP contribution in [-0.2, 0) is 9.59 Å². The minimum absolute atomic E-state index is 0.335. The molecule has 1 amide bonds. The van der Waals surface area contributed by atoms with E-state index in [1.807, 2.05) is 6.92 Å². The number of nitrogens with one attached hydrogen (secondary N) is 2. The molecule has 0 aromatic carbocycles. The van der Waals surface area contributed by atoms with Crippen LogP contribution >= 0.6 is 0 Å². The molecule has 5 nitrogen and oxygen atoms in total. The van der Waals surface area contributed by atoms with Crippen LogP contribution in [0, 0.1) is 0 Å². The first-order valence-corrected chi connectivity index (χ1v) is 3.90. The number of amides is 1. The first kappa shape index (κ1) is 11.1. The van der Waals surface area contributed by atoms with Crippen molar-refractivity contribution in [3.63, 3.8) is 0 Å². The molecule has 5 heteroatoms. The van der Waals surface area contributed by atoms with E-state index in [1.165, 1.54) is 0 Å². The van der Waals surface area contributed by atoms with Crippen molar-refractivity contribution in [1.29, 1.82) is 0 Å². The summed E-state index contributed by atoms with van der Waals surface area (Å²) in [5, 5.41) is 10.5. The molecular weight excluding hydrogens is 160 g/mol. The predicted octanol–water partition coefficient (Wildman–Crippen LogP) is -0.549.